The average Bonchev–Trinajstić information content (AvgIpc) is 2.57. The van der Waals surface area contributed by atoms with E-state index in [1.165, 1.54) is 0 Å². The number of aryl methyl sites for hydroxylation is 1. The zero-order chi connectivity index (χ0) is 15.2. The van der Waals surface area contributed by atoms with E-state index < -0.39 is 0 Å². The monoisotopic (exact) mass is 289 g/mol. The quantitative estimate of drug-likeness (QED) is 0.592. The van der Waals surface area contributed by atoms with Gasteiger partial charge < -0.3 is 0 Å². The molecule has 0 saturated carbocycles. The fourth-order valence-electron chi connectivity index (χ4n) is 1.96. The predicted molar refractivity (Wildman–Crippen MR) is 86.7 cm³/mol. The Kier molecular flexibility index (Phi) is 4.15. The Morgan fingerprint density at radius 1 is 0.864 bits per heavy atom. The molecule has 0 amide bonds. The van der Waals surface area contributed by atoms with Gasteiger partial charge in [0.2, 0.25) is 0 Å². The van der Waals surface area contributed by atoms with Crippen LogP contribution in [0.3, 0.4) is 0 Å². The standard InChI is InChI=1S/C17H15N5/c1-13-8-11-20-16(12-13)21-22-17(14-6-2-4-9-18-14)15-7-3-5-10-19-15/h2-12H,1H3,(H,20,21). The van der Waals surface area contributed by atoms with Gasteiger partial charge in [0.05, 0.1) is 11.4 Å². The van der Waals surface area contributed by atoms with Crippen LogP contribution in [-0.4, -0.2) is 20.7 Å². The highest BCUT2D eigenvalue weighted by molar-refractivity contribution is 6.10. The number of rotatable bonds is 4. The number of anilines is 1. The maximum absolute atomic E-state index is 4.45. The fourth-order valence-corrected chi connectivity index (χ4v) is 1.96. The molecule has 1 N–H and O–H groups in total. The SMILES string of the molecule is Cc1ccnc(NN=C(c2ccccn2)c2ccccn2)c1. The second-order valence-corrected chi connectivity index (χ2v) is 4.72. The first-order valence-electron chi connectivity index (χ1n) is 6.92. The smallest absolute Gasteiger partial charge is 0.146 e. The summed E-state index contributed by atoms with van der Waals surface area (Å²) >= 11 is 0. The average molecular weight is 289 g/mol. The highest BCUT2D eigenvalue weighted by atomic mass is 15.3. The van der Waals surface area contributed by atoms with Crippen molar-refractivity contribution in [3.63, 3.8) is 0 Å². The van der Waals surface area contributed by atoms with Crippen LogP contribution in [0.1, 0.15) is 17.0 Å². The van der Waals surface area contributed by atoms with Crippen LogP contribution in [0.15, 0.2) is 72.2 Å². The van der Waals surface area contributed by atoms with Gasteiger partial charge in [-0.15, -0.1) is 0 Å². The van der Waals surface area contributed by atoms with Crippen LogP contribution in [0.25, 0.3) is 0 Å². The zero-order valence-corrected chi connectivity index (χ0v) is 12.1. The molecule has 0 saturated heterocycles. The van der Waals surface area contributed by atoms with Gasteiger partial charge in [0, 0.05) is 18.6 Å². The number of pyridine rings is 3. The molecule has 3 aromatic heterocycles. The zero-order valence-electron chi connectivity index (χ0n) is 12.1. The van der Waals surface area contributed by atoms with Crippen LogP contribution < -0.4 is 5.43 Å². The molecule has 3 aromatic rings. The van der Waals surface area contributed by atoms with Crippen LogP contribution in [0.5, 0.6) is 0 Å². The van der Waals surface area contributed by atoms with E-state index in [9.17, 15) is 0 Å². The second kappa shape index (κ2) is 6.58. The van der Waals surface area contributed by atoms with Crippen molar-refractivity contribution in [1.29, 1.82) is 0 Å². The van der Waals surface area contributed by atoms with Crippen molar-refractivity contribution in [2.24, 2.45) is 5.10 Å². The Morgan fingerprint density at radius 3 is 2.09 bits per heavy atom. The highest BCUT2D eigenvalue weighted by Gasteiger charge is 2.09. The minimum absolute atomic E-state index is 0.671. The summed E-state index contributed by atoms with van der Waals surface area (Å²) in [5.41, 5.74) is 6.27. The van der Waals surface area contributed by atoms with E-state index in [0.29, 0.717) is 11.5 Å². The second-order valence-electron chi connectivity index (χ2n) is 4.72. The fraction of sp³-hybridized carbons (Fsp3) is 0.0588. The van der Waals surface area contributed by atoms with Gasteiger partial charge >= 0.3 is 0 Å². The normalized spacial score (nSPS) is 10.0. The Labute approximate surface area is 128 Å². The summed E-state index contributed by atoms with van der Waals surface area (Å²) < 4.78 is 0. The lowest BCUT2D eigenvalue weighted by atomic mass is 10.1. The Hall–Kier alpha value is -3.08. The highest BCUT2D eigenvalue weighted by Crippen LogP contribution is 2.09. The van der Waals surface area contributed by atoms with Gasteiger partial charge in [-0.1, -0.05) is 12.1 Å². The van der Waals surface area contributed by atoms with Crippen molar-refractivity contribution in [3.8, 4) is 0 Å². The van der Waals surface area contributed by atoms with E-state index in [-0.39, 0.29) is 0 Å². The number of hydrogen-bond donors (Lipinski definition) is 1. The third kappa shape index (κ3) is 3.32. The van der Waals surface area contributed by atoms with E-state index in [0.717, 1.165) is 17.0 Å². The molecule has 0 aliphatic heterocycles. The summed E-state index contributed by atoms with van der Waals surface area (Å²) in [6, 6.07) is 15.3. The molecule has 0 fully saturated rings. The molecule has 5 nitrogen and oxygen atoms in total. The van der Waals surface area contributed by atoms with Crippen molar-refractivity contribution < 1.29 is 0 Å². The van der Waals surface area contributed by atoms with Gasteiger partial charge in [-0.2, -0.15) is 5.10 Å². The maximum atomic E-state index is 4.45. The molecular weight excluding hydrogens is 274 g/mol. The maximum Gasteiger partial charge on any atom is 0.146 e. The Morgan fingerprint density at radius 2 is 1.55 bits per heavy atom. The van der Waals surface area contributed by atoms with Gasteiger partial charge in [-0.25, -0.2) is 4.98 Å². The van der Waals surface area contributed by atoms with E-state index >= 15 is 0 Å². The van der Waals surface area contributed by atoms with Gasteiger partial charge in [0.25, 0.3) is 0 Å². The summed E-state index contributed by atoms with van der Waals surface area (Å²) in [5, 5.41) is 4.45. The van der Waals surface area contributed by atoms with Crippen molar-refractivity contribution >= 4 is 11.5 Å². The number of nitrogens with one attached hydrogen (secondary N) is 1. The first kappa shape index (κ1) is 13.9. The van der Waals surface area contributed by atoms with Crippen LogP contribution in [-0.2, 0) is 0 Å². The number of aromatic nitrogens is 3. The minimum atomic E-state index is 0.671. The molecule has 0 spiro atoms. The third-order valence-electron chi connectivity index (χ3n) is 3.01. The van der Waals surface area contributed by atoms with Crippen molar-refractivity contribution in [1.82, 2.24) is 15.0 Å². The first-order valence-corrected chi connectivity index (χ1v) is 6.92. The van der Waals surface area contributed by atoms with Gasteiger partial charge in [-0.05, 0) is 48.9 Å². The van der Waals surface area contributed by atoms with Crippen molar-refractivity contribution in [2.45, 2.75) is 6.92 Å². The van der Waals surface area contributed by atoms with E-state index in [1.807, 2.05) is 55.5 Å². The lowest BCUT2D eigenvalue weighted by Gasteiger charge is -2.06. The van der Waals surface area contributed by atoms with E-state index in [1.54, 1.807) is 18.6 Å². The molecule has 0 radical (unpaired) electrons. The van der Waals surface area contributed by atoms with Gasteiger partial charge in [0.1, 0.15) is 11.5 Å². The van der Waals surface area contributed by atoms with Crippen molar-refractivity contribution in [2.75, 3.05) is 5.43 Å². The molecule has 0 aromatic carbocycles. The molecule has 0 aliphatic rings. The molecule has 108 valence electrons. The molecule has 3 heterocycles. The third-order valence-corrected chi connectivity index (χ3v) is 3.01. The molecule has 0 atom stereocenters. The van der Waals surface area contributed by atoms with Crippen LogP contribution in [0.4, 0.5) is 5.82 Å². The Bertz CT molecular complexity index is 728. The minimum Gasteiger partial charge on any atom is -0.261 e. The summed E-state index contributed by atoms with van der Waals surface area (Å²) in [4.78, 5) is 12.9. The van der Waals surface area contributed by atoms with Crippen molar-refractivity contribution in [3.05, 3.63) is 84.1 Å². The largest absolute Gasteiger partial charge is 0.261 e. The number of hydrogen-bond acceptors (Lipinski definition) is 5. The number of hydrazone groups is 1. The first-order chi connectivity index (χ1) is 10.8. The van der Waals surface area contributed by atoms with Crippen LogP contribution >= 0.6 is 0 Å². The predicted octanol–water partition coefficient (Wildman–Crippen LogP) is 3.04. The summed E-state index contributed by atoms with van der Waals surface area (Å²) in [6.07, 6.45) is 5.21. The number of nitrogens with zero attached hydrogens (tertiary/aromatic N) is 4. The summed E-state index contributed by atoms with van der Waals surface area (Å²) in [5.74, 6) is 0.685. The molecule has 0 aliphatic carbocycles. The lowest BCUT2D eigenvalue weighted by Crippen LogP contribution is -2.10. The van der Waals surface area contributed by atoms with Gasteiger partial charge in [0.15, 0.2) is 0 Å². The van der Waals surface area contributed by atoms with E-state index in [2.05, 4.69) is 25.5 Å². The summed E-state index contributed by atoms with van der Waals surface area (Å²) in [7, 11) is 0. The molecular formula is C17H15N5. The molecule has 0 unspecified atom stereocenters. The van der Waals surface area contributed by atoms with Crippen LogP contribution in [0.2, 0.25) is 0 Å². The van der Waals surface area contributed by atoms with Crippen LogP contribution in [0, 0.1) is 6.92 Å². The lowest BCUT2D eigenvalue weighted by molar-refractivity contribution is 1.18. The Balaban J connectivity index is 1.97. The molecule has 22 heavy (non-hydrogen) atoms. The molecule has 5 heteroatoms. The summed E-state index contributed by atoms with van der Waals surface area (Å²) in [6.45, 7) is 2.01. The topological polar surface area (TPSA) is 63.1 Å². The van der Waals surface area contributed by atoms with E-state index in [4.69, 9.17) is 0 Å². The molecule has 0 bridgehead atoms. The molecule has 3 rings (SSSR count). The van der Waals surface area contributed by atoms with Gasteiger partial charge in [-0.3, -0.25) is 15.4 Å².